The zero-order valence-electron chi connectivity index (χ0n) is 18.7. The van der Waals surface area contributed by atoms with Crippen LogP contribution < -0.4 is 0 Å². The Balaban J connectivity index is 4.62. The minimum absolute atomic E-state index is 0.137. The first-order chi connectivity index (χ1) is 15.8. The van der Waals surface area contributed by atoms with Crippen LogP contribution >= 0.6 is 7.82 Å². The molecule has 0 saturated carbocycles. The van der Waals surface area contributed by atoms with E-state index in [0.717, 1.165) is 32.1 Å². The Labute approximate surface area is 195 Å². The van der Waals surface area contributed by atoms with E-state index in [1.807, 2.05) is 0 Å². The Morgan fingerprint density at radius 3 is 2.03 bits per heavy atom. The highest BCUT2D eigenvalue weighted by atomic mass is 31.2. The van der Waals surface area contributed by atoms with Gasteiger partial charge in [0.25, 0.3) is 0 Å². The largest absolute Gasteiger partial charge is 0.469 e. The van der Waals surface area contributed by atoms with Gasteiger partial charge in [0, 0.05) is 12.3 Å². The van der Waals surface area contributed by atoms with Crippen molar-refractivity contribution in [3.63, 3.8) is 0 Å². The first kappa shape index (κ1) is 29.8. The molecule has 0 saturated heterocycles. The normalized spacial score (nSPS) is 10.1. The Morgan fingerprint density at radius 1 is 0.848 bits per heavy atom. The van der Waals surface area contributed by atoms with E-state index in [-0.39, 0.29) is 6.42 Å². The maximum atomic E-state index is 12.0. The molecular weight excluding hydrogens is 447 g/mol. The van der Waals surface area contributed by atoms with Crippen LogP contribution in [0.5, 0.6) is 0 Å². The van der Waals surface area contributed by atoms with Crippen molar-refractivity contribution in [1.82, 2.24) is 0 Å². The maximum absolute atomic E-state index is 12.0. The molecule has 0 aliphatic heterocycles. The molecule has 0 fully saturated rings. The molecule has 0 bridgehead atoms. The first-order valence-electron chi connectivity index (χ1n) is 10.3. The van der Waals surface area contributed by atoms with E-state index >= 15 is 0 Å². The molecule has 0 heterocycles. The van der Waals surface area contributed by atoms with Gasteiger partial charge in [-0.25, -0.2) is 9.36 Å². The molecule has 0 aromatic heterocycles. The predicted octanol–water partition coefficient (Wildman–Crippen LogP) is 2.34. The Bertz CT molecular complexity index is 984. The molecule has 9 heteroatoms. The smallest absolute Gasteiger partial charge is 0.456 e. The van der Waals surface area contributed by atoms with Gasteiger partial charge in [0.1, 0.15) is 6.61 Å². The third-order valence-corrected chi connectivity index (χ3v) is 4.07. The SMILES string of the molecule is CC#CC#CC#CC#CC#CC(=O)OC[C@@H](COP(=O)(O)O)OC(=O)CCCCCCCC. The van der Waals surface area contributed by atoms with Crippen LogP contribution in [0.2, 0.25) is 0 Å². The third kappa shape index (κ3) is 21.9. The lowest BCUT2D eigenvalue weighted by atomic mass is 10.1. The number of esters is 2. The van der Waals surface area contributed by atoms with Crippen LogP contribution in [-0.2, 0) is 28.2 Å². The topological polar surface area (TPSA) is 119 Å². The van der Waals surface area contributed by atoms with Crippen molar-refractivity contribution < 1.29 is 37.9 Å². The van der Waals surface area contributed by atoms with Crippen molar-refractivity contribution in [3.8, 4) is 59.2 Å². The van der Waals surface area contributed by atoms with E-state index in [1.54, 1.807) is 6.92 Å². The van der Waals surface area contributed by atoms with Crippen LogP contribution in [0.15, 0.2) is 0 Å². The highest BCUT2D eigenvalue weighted by molar-refractivity contribution is 7.46. The number of hydrogen-bond donors (Lipinski definition) is 2. The summed E-state index contributed by atoms with van der Waals surface area (Å²) >= 11 is 0. The second kappa shape index (κ2) is 19.5. The van der Waals surface area contributed by atoms with Gasteiger partial charge in [-0.3, -0.25) is 9.32 Å². The van der Waals surface area contributed by atoms with Crippen LogP contribution in [0.4, 0.5) is 0 Å². The van der Waals surface area contributed by atoms with Gasteiger partial charge in [-0.2, -0.15) is 0 Å². The highest BCUT2D eigenvalue weighted by Crippen LogP contribution is 2.35. The number of unbranched alkanes of at least 4 members (excludes halogenated alkanes) is 5. The molecular formula is C24H27O8P. The summed E-state index contributed by atoms with van der Waals surface area (Å²) in [6.07, 6.45) is 4.81. The summed E-state index contributed by atoms with van der Waals surface area (Å²) in [7, 11) is -4.79. The molecule has 1 atom stereocenters. The number of ether oxygens (including phenoxy) is 2. The fourth-order valence-electron chi connectivity index (χ4n) is 2.13. The van der Waals surface area contributed by atoms with Crippen molar-refractivity contribution >= 4 is 19.8 Å². The molecule has 0 aromatic carbocycles. The zero-order chi connectivity index (χ0) is 24.8. The lowest BCUT2D eigenvalue weighted by Gasteiger charge is -2.17. The number of rotatable bonds is 13. The van der Waals surface area contributed by atoms with E-state index < -0.39 is 39.1 Å². The molecule has 2 N–H and O–H groups in total. The van der Waals surface area contributed by atoms with Crippen molar-refractivity contribution in [2.45, 2.75) is 64.9 Å². The highest BCUT2D eigenvalue weighted by Gasteiger charge is 2.22. The number of hydrogen-bond acceptors (Lipinski definition) is 6. The third-order valence-electron chi connectivity index (χ3n) is 3.59. The first-order valence-corrected chi connectivity index (χ1v) is 11.8. The van der Waals surface area contributed by atoms with Crippen molar-refractivity contribution in [3.05, 3.63) is 0 Å². The second-order valence-electron chi connectivity index (χ2n) is 6.39. The van der Waals surface area contributed by atoms with Gasteiger partial charge in [-0.1, -0.05) is 44.9 Å². The fourth-order valence-corrected chi connectivity index (χ4v) is 2.49. The maximum Gasteiger partial charge on any atom is 0.469 e. The number of carbonyl (C=O) groups excluding carboxylic acids is 2. The molecule has 0 aromatic rings. The molecule has 0 rings (SSSR count). The van der Waals surface area contributed by atoms with Gasteiger partial charge in [0.2, 0.25) is 0 Å². The van der Waals surface area contributed by atoms with Gasteiger partial charge in [-0.15, -0.1) is 0 Å². The molecule has 0 radical (unpaired) electrons. The summed E-state index contributed by atoms with van der Waals surface area (Å²) in [6.45, 7) is 2.62. The summed E-state index contributed by atoms with van der Waals surface area (Å²) < 4.78 is 25.2. The Kier molecular flexibility index (Phi) is 17.7. The molecule has 176 valence electrons. The lowest BCUT2D eigenvalue weighted by Crippen LogP contribution is -2.29. The molecule has 0 amide bonds. The van der Waals surface area contributed by atoms with E-state index in [4.69, 9.17) is 19.3 Å². The van der Waals surface area contributed by atoms with E-state index in [2.05, 4.69) is 70.7 Å². The fraction of sp³-hybridized carbons (Fsp3) is 0.500. The van der Waals surface area contributed by atoms with Crippen molar-refractivity contribution in [2.24, 2.45) is 0 Å². The molecule has 0 spiro atoms. The van der Waals surface area contributed by atoms with Crippen LogP contribution in [0, 0.1) is 59.2 Å². The van der Waals surface area contributed by atoms with Gasteiger partial charge in [0.05, 0.1) is 6.61 Å². The lowest BCUT2D eigenvalue weighted by molar-refractivity contribution is -0.158. The minimum Gasteiger partial charge on any atom is -0.456 e. The molecule has 33 heavy (non-hydrogen) atoms. The van der Waals surface area contributed by atoms with E-state index in [0.29, 0.717) is 6.42 Å². The number of phosphoric ester groups is 1. The number of carbonyl (C=O) groups is 2. The Hall–Kier alpha value is -3.15. The Morgan fingerprint density at radius 2 is 1.42 bits per heavy atom. The summed E-state index contributed by atoms with van der Waals surface area (Å²) in [5.41, 5.74) is 0. The average Bonchev–Trinajstić information content (AvgIpc) is 2.76. The molecule has 0 aliphatic rings. The van der Waals surface area contributed by atoms with Gasteiger partial charge in [-0.05, 0) is 60.7 Å². The van der Waals surface area contributed by atoms with Gasteiger partial charge in [0.15, 0.2) is 6.10 Å². The molecule has 0 unspecified atom stereocenters. The monoisotopic (exact) mass is 474 g/mol. The summed E-state index contributed by atoms with van der Waals surface area (Å²) in [5.74, 6) is 22.3. The van der Waals surface area contributed by atoms with Crippen LogP contribution in [0.3, 0.4) is 0 Å². The minimum atomic E-state index is -4.79. The summed E-state index contributed by atoms with van der Waals surface area (Å²) in [4.78, 5) is 41.3. The van der Waals surface area contributed by atoms with Gasteiger partial charge >= 0.3 is 19.8 Å². The average molecular weight is 474 g/mol. The summed E-state index contributed by atoms with van der Waals surface area (Å²) in [6, 6.07) is 0. The zero-order valence-corrected chi connectivity index (χ0v) is 19.6. The van der Waals surface area contributed by atoms with Crippen LogP contribution in [-0.4, -0.2) is 41.0 Å². The van der Waals surface area contributed by atoms with Crippen LogP contribution in [0.1, 0.15) is 58.8 Å². The van der Waals surface area contributed by atoms with Crippen molar-refractivity contribution in [2.75, 3.05) is 13.2 Å². The van der Waals surface area contributed by atoms with E-state index in [1.165, 1.54) is 0 Å². The summed E-state index contributed by atoms with van der Waals surface area (Å²) in [5, 5.41) is 0. The van der Waals surface area contributed by atoms with Crippen molar-refractivity contribution in [1.29, 1.82) is 0 Å². The van der Waals surface area contributed by atoms with E-state index in [9.17, 15) is 14.2 Å². The molecule has 0 aliphatic carbocycles. The standard InChI is InChI=1S/C24H27O8P/c1-3-5-7-9-11-12-13-15-16-18-23(25)30-20-22(21-31-33(27,28)29)32-24(26)19-17-14-10-8-6-4-2/h22H,4,6,8,10,14,17,19-21H2,1-2H3,(H2,27,28,29)/t22-/m0/s1. The molecule has 8 nitrogen and oxygen atoms in total. The second-order valence-corrected chi connectivity index (χ2v) is 7.63. The predicted molar refractivity (Wildman–Crippen MR) is 121 cm³/mol. The van der Waals surface area contributed by atoms with Gasteiger partial charge < -0.3 is 19.3 Å². The number of phosphoric acid groups is 1. The quantitative estimate of drug-likeness (QED) is 0.137. The van der Waals surface area contributed by atoms with Crippen LogP contribution in [0.25, 0.3) is 0 Å².